The Morgan fingerprint density at radius 3 is 0.752 bits per heavy atom. The van der Waals surface area contributed by atoms with Crippen LogP contribution in [-0.4, -0.2) is 96.7 Å². The monoisotopic (exact) mass is 1480 g/mol. The first-order valence-corrected chi connectivity index (χ1v) is 45.4. The van der Waals surface area contributed by atoms with Gasteiger partial charge in [0.15, 0.2) is 12.2 Å². The number of ether oxygens (including phenoxy) is 4. The second kappa shape index (κ2) is 72.3. The minimum atomic E-state index is -4.96. The first kappa shape index (κ1) is 99.1. The number of phosphoric acid groups is 2. The second-order valence-electron chi connectivity index (χ2n) is 30.7. The molecule has 0 rings (SSSR count). The summed E-state index contributed by atoms with van der Waals surface area (Å²) in [7, 11) is -9.92. The summed E-state index contributed by atoms with van der Waals surface area (Å²) in [6, 6.07) is 0. The lowest BCUT2D eigenvalue weighted by molar-refractivity contribution is -0.161. The average Bonchev–Trinajstić information content (AvgIpc) is 0.931. The summed E-state index contributed by atoms with van der Waals surface area (Å²) in [4.78, 5) is 73.1. The molecule has 17 nitrogen and oxygen atoms in total. The van der Waals surface area contributed by atoms with Gasteiger partial charge in [-0.15, -0.1) is 0 Å². The standard InChI is InChI=1S/C82H160O17P2/c1-8-10-11-12-13-14-15-16-17-18-19-22-25-28-34-42-49-56-63-79(84)92-69-77(98-81(86)65-58-51-44-35-29-26-23-20-21-24-27-32-39-46-53-60-73(3)4)71-96-100(88,89)94-67-76(83)68-95-101(90,91)97-72-78(70-93-80(85)64-57-50-43-38-37-41-48-55-62-75(7)9-2)99-82(87)66-59-52-45-36-31-30-33-40-47-54-61-74(5)6/h73-78,83H,8-72H2,1-7H3,(H,88,89)(H,90,91)/t75?,76-,77-,78-/m1/s1. The zero-order valence-electron chi connectivity index (χ0n) is 66.4. The molecule has 101 heavy (non-hydrogen) atoms. The van der Waals surface area contributed by atoms with Crippen molar-refractivity contribution in [1.82, 2.24) is 0 Å². The predicted molar refractivity (Wildman–Crippen MR) is 414 cm³/mol. The van der Waals surface area contributed by atoms with E-state index in [4.69, 9.17) is 37.0 Å². The summed E-state index contributed by atoms with van der Waals surface area (Å²) in [5, 5.41) is 10.7. The molecule has 6 atom stereocenters. The highest BCUT2D eigenvalue weighted by Gasteiger charge is 2.30. The van der Waals surface area contributed by atoms with Crippen LogP contribution >= 0.6 is 15.6 Å². The molecule has 0 saturated carbocycles. The highest BCUT2D eigenvalue weighted by Crippen LogP contribution is 2.45. The van der Waals surface area contributed by atoms with E-state index in [1.54, 1.807) is 0 Å². The van der Waals surface area contributed by atoms with Crippen molar-refractivity contribution in [2.75, 3.05) is 39.6 Å². The fraction of sp³-hybridized carbons (Fsp3) is 0.951. The van der Waals surface area contributed by atoms with Crippen molar-refractivity contribution in [2.45, 2.75) is 446 Å². The Hall–Kier alpha value is -1.94. The third-order valence-electron chi connectivity index (χ3n) is 19.5. The maximum absolute atomic E-state index is 13.1. The quantitative estimate of drug-likeness (QED) is 0.0222. The van der Waals surface area contributed by atoms with Crippen LogP contribution < -0.4 is 0 Å². The lowest BCUT2D eigenvalue weighted by Crippen LogP contribution is -2.30. The molecule has 0 amide bonds. The molecule has 0 aliphatic heterocycles. The Morgan fingerprint density at radius 2 is 0.505 bits per heavy atom. The van der Waals surface area contributed by atoms with Gasteiger partial charge in [0.05, 0.1) is 26.4 Å². The summed E-state index contributed by atoms with van der Waals surface area (Å²) in [6.45, 7) is 12.0. The fourth-order valence-electron chi connectivity index (χ4n) is 12.6. The molecule has 0 fully saturated rings. The Kier molecular flexibility index (Phi) is 70.9. The SMILES string of the molecule is CCCCCCCCCCCCCCCCCCCCC(=O)OC[C@H](COP(=O)(O)OC[C@@H](O)COP(=O)(O)OC[C@@H](COC(=O)CCCCCCCCCCC(C)CC)OC(=O)CCCCCCCCCCCCC(C)C)OC(=O)CCCCCCCCCCCCCCCCCC(C)C. The van der Waals surface area contributed by atoms with Gasteiger partial charge in [0.1, 0.15) is 19.3 Å². The van der Waals surface area contributed by atoms with E-state index in [1.165, 1.54) is 238 Å². The van der Waals surface area contributed by atoms with Crippen LogP contribution in [0.5, 0.6) is 0 Å². The van der Waals surface area contributed by atoms with Crippen molar-refractivity contribution < 1.29 is 80.2 Å². The molecule has 0 bridgehead atoms. The summed E-state index contributed by atoms with van der Waals surface area (Å²) >= 11 is 0. The van der Waals surface area contributed by atoms with Gasteiger partial charge in [-0.25, -0.2) is 9.13 Å². The molecule has 0 heterocycles. The number of hydrogen-bond acceptors (Lipinski definition) is 15. The van der Waals surface area contributed by atoms with Crippen LogP contribution in [0.3, 0.4) is 0 Å². The number of aliphatic hydroxyl groups excluding tert-OH is 1. The Bertz CT molecular complexity index is 1960. The molecule has 0 saturated heterocycles. The number of aliphatic hydroxyl groups is 1. The number of phosphoric ester groups is 2. The van der Waals surface area contributed by atoms with Gasteiger partial charge in [-0.1, -0.05) is 376 Å². The molecule has 0 aromatic heterocycles. The fourth-order valence-corrected chi connectivity index (χ4v) is 14.2. The highest BCUT2D eigenvalue weighted by molar-refractivity contribution is 7.47. The summed E-state index contributed by atoms with van der Waals surface area (Å²) in [6.07, 6.45) is 61.0. The minimum Gasteiger partial charge on any atom is -0.462 e. The third kappa shape index (κ3) is 74.7. The van der Waals surface area contributed by atoms with Crippen LogP contribution in [0.25, 0.3) is 0 Å². The average molecular weight is 1480 g/mol. The van der Waals surface area contributed by atoms with E-state index in [-0.39, 0.29) is 25.7 Å². The van der Waals surface area contributed by atoms with E-state index in [0.717, 1.165) is 108 Å². The van der Waals surface area contributed by atoms with Crippen molar-refractivity contribution in [3.63, 3.8) is 0 Å². The molecule has 3 N–H and O–H groups in total. The van der Waals surface area contributed by atoms with Crippen LogP contribution in [0.2, 0.25) is 0 Å². The number of hydrogen-bond donors (Lipinski definition) is 3. The Labute approximate surface area is 619 Å². The van der Waals surface area contributed by atoms with Crippen LogP contribution in [0, 0.1) is 17.8 Å². The third-order valence-corrected chi connectivity index (χ3v) is 21.4. The Balaban J connectivity index is 5.26. The number of carbonyl (C=O) groups excluding carboxylic acids is 4. The van der Waals surface area contributed by atoms with Crippen molar-refractivity contribution in [2.24, 2.45) is 17.8 Å². The van der Waals surface area contributed by atoms with E-state index in [0.29, 0.717) is 25.7 Å². The molecule has 0 aliphatic rings. The van der Waals surface area contributed by atoms with Crippen molar-refractivity contribution in [3.05, 3.63) is 0 Å². The number of carbonyl (C=O) groups is 4. The first-order chi connectivity index (χ1) is 48.8. The lowest BCUT2D eigenvalue weighted by atomic mass is 9.99. The van der Waals surface area contributed by atoms with Gasteiger partial charge in [0.2, 0.25) is 0 Å². The van der Waals surface area contributed by atoms with Crippen LogP contribution in [0.4, 0.5) is 0 Å². The molecule has 0 aromatic rings. The van der Waals surface area contributed by atoms with Crippen LogP contribution in [0.1, 0.15) is 427 Å². The van der Waals surface area contributed by atoms with Gasteiger partial charge >= 0.3 is 39.5 Å². The van der Waals surface area contributed by atoms with Crippen molar-refractivity contribution in [1.29, 1.82) is 0 Å². The van der Waals surface area contributed by atoms with E-state index < -0.39 is 97.5 Å². The van der Waals surface area contributed by atoms with E-state index in [2.05, 4.69) is 48.5 Å². The largest absolute Gasteiger partial charge is 0.472 e. The molecule has 0 aromatic carbocycles. The molecule has 19 heteroatoms. The minimum absolute atomic E-state index is 0.106. The van der Waals surface area contributed by atoms with Gasteiger partial charge in [0.25, 0.3) is 0 Å². The van der Waals surface area contributed by atoms with Gasteiger partial charge < -0.3 is 33.8 Å². The van der Waals surface area contributed by atoms with Gasteiger partial charge in [-0.05, 0) is 43.4 Å². The van der Waals surface area contributed by atoms with Crippen LogP contribution in [0.15, 0.2) is 0 Å². The molecular weight excluding hydrogens is 1320 g/mol. The normalized spacial score (nSPS) is 14.2. The van der Waals surface area contributed by atoms with Crippen molar-refractivity contribution >= 4 is 39.5 Å². The van der Waals surface area contributed by atoms with Gasteiger partial charge in [-0.3, -0.25) is 37.3 Å². The van der Waals surface area contributed by atoms with E-state index in [9.17, 15) is 43.2 Å². The van der Waals surface area contributed by atoms with Crippen molar-refractivity contribution in [3.8, 4) is 0 Å². The number of unbranched alkanes of at least 4 members (excludes halogenated alkanes) is 47. The maximum Gasteiger partial charge on any atom is 0.472 e. The molecule has 0 radical (unpaired) electrons. The lowest BCUT2D eigenvalue weighted by Gasteiger charge is -2.21. The smallest absolute Gasteiger partial charge is 0.462 e. The first-order valence-electron chi connectivity index (χ1n) is 42.4. The molecule has 0 spiro atoms. The second-order valence-corrected chi connectivity index (χ2v) is 33.6. The zero-order valence-corrected chi connectivity index (χ0v) is 68.2. The molecular formula is C82H160O17P2. The number of rotatable bonds is 80. The summed E-state index contributed by atoms with van der Waals surface area (Å²) in [5.41, 5.74) is 0. The molecule has 0 aliphatic carbocycles. The topological polar surface area (TPSA) is 237 Å². The highest BCUT2D eigenvalue weighted by atomic mass is 31.2. The zero-order chi connectivity index (χ0) is 74.4. The van der Waals surface area contributed by atoms with Gasteiger partial charge in [0, 0.05) is 25.7 Å². The number of esters is 4. The van der Waals surface area contributed by atoms with E-state index in [1.807, 2.05) is 0 Å². The summed E-state index contributed by atoms with van der Waals surface area (Å²) in [5.74, 6) is 0.222. The summed E-state index contributed by atoms with van der Waals surface area (Å²) < 4.78 is 68.8. The Morgan fingerprint density at radius 1 is 0.287 bits per heavy atom. The van der Waals surface area contributed by atoms with E-state index >= 15 is 0 Å². The maximum atomic E-state index is 13.1. The van der Waals surface area contributed by atoms with Crippen LogP contribution in [-0.2, 0) is 65.4 Å². The predicted octanol–water partition coefficient (Wildman–Crippen LogP) is 24.5. The molecule has 3 unspecified atom stereocenters. The van der Waals surface area contributed by atoms with Gasteiger partial charge in [-0.2, -0.15) is 0 Å². The molecule has 600 valence electrons.